The van der Waals surface area contributed by atoms with Gasteiger partial charge >= 0.3 is 11.9 Å². The lowest BCUT2D eigenvalue weighted by Gasteiger charge is -2.28. The number of aliphatic hydroxyl groups is 1. The summed E-state index contributed by atoms with van der Waals surface area (Å²) in [4.78, 5) is 37.8. The Balaban J connectivity index is 2.43. The van der Waals surface area contributed by atoms with E-state index in [0.717, 1.165) is 95.0 Å². The molecule has 1 heterocycles. The number of hydrogen-bond donors (Lipinski definition) is 1. The first-order valence-corrected chi connectivity index (χ1v) is 25.6. The summed E-state index contributed by atoms with van der Waals surface area (Å²) in [5.74, 6) is 1.26. The van der Waals surface area contributed by atoms with E-state index < -0.39 is 38.6 Å². The molecular weight excluding hydrogens is 830 g/mol. The normalized spacial score (nSPS) is 14.6. The molecule has 1 rings (SSSR count). The Morgan fingerprint density at radius 2 is 1.28 bits per heavy atom. The van der Waals surface area contributed by atoms with Gasteiger partial charge in [0.05, 0.1) is 33.9 Å². The van der Waals surface area contributed by atoms with E-state index in [-0.39, 0.29) is 26.1 Å². The highest BCUT2D eigenvalue weighted by atomic mass is 31.2. The lowest BCUT2D eigenvalue weighted by molar-refractivity contribution is -0.870. The van der Waals surface area contributed by atoms with Crippen molar-refractivity contribution in [1.29, 1.82) is 0 Å². The van der Waals surface area contributed by atoms with E-state index in [4.69, 9.17) is 22.9 Å². The molecule has 12 heteroatoms. The second-order valence-electron chi connectivity index (χ2n) is 17.5. The number of ether oxygens (including phenoxy) is 2. The smallest absolute Gasteiger partial charge is 0.306 e. The van der Waals surface area contributed by atoms with Crippen molar-refractivity contribution < 1.29 is 51.6 Å². The van der Waals surface area contributed by atoms with E-state index in [2.05, 4.69) is 64.2 Å². The highest BCUT2D eigenvalue weighted by molar-refractivity contribution is 7.45. The predicted molar refractivity (Wildman–Crippen MR) is 259 cm³/mol. The van der Waals surface area contributed by atoms with Crippen LogP contribution in [0.3, 0.4) is 0 Å². The number of unbranched alkanes of at least 4 members (excludes halogenated alkanes) is 9. The predicted octanol–water partition coefficient (Wildman–Crippen LogP) is 11.8. The Morgan fingerprint density at radius 3 is 1.89 bits per heavy atom. The summed E-state index contributed by atoms with van der Waals surface area (Å²) in [6.07, 6.45) is 40.8. The van der Waals surface area contributed by atoms with E-state index in [1.54, 1.807) is 18.2 Å². The molecule has 0 aliphatic carbocycles. The van der Waals surface area contributed by atoms with Gasteiger partial charge in [-0.15, -0.1) is 0 Å². The lowest BCUT2D eigenvalue weighted by atomic mass is 10.0. The molecule has 11 nitrogen and oxygen atoms in total. The van der Waals surface area contributed by atoms with Gasteiger partial charge in [0, 0.05) is 25.7 Å². The molecule has 2 unspecified atom stereocenters. The number of carbonyl (C=O) groups excluding carboxylic acids is 2. The SMILES string of the molecule is CC/C=C\C/C=C\C/C=C\C/C=C\C=C/C(O)C/C=C\CCC(=O)OC[C@H](COP(=O)([O-])OCC[N+](C)(C)C)OC(=O)CCCCCCCCCCc1oc(CCCCC)c(C)c1C. The molecule has 0 aliphatic rings. The van der Waals surface area contributed by atoms with Gasteiger partial charge in [-0.05, 0) is 82.8 Å². The number of rotatable bonds is 39. The van der Waals surface area contributed by atoms with Gasteiger partial charge in [-0.1, -0.05) is 138 Å². The molecule has 0 aliphatic heterocycles. The number of allylic oxidation sites excluding steroid dienone is 10. The number of aryl methyl sites for hydroxylation is 2. The quantitative estimate of drug-likeness (QED) is 0.0169. The van der Waals surface area contributed by atoms with Crippen molar-refractivity contribution in [2.45, 2.75) is 175 Å². The van der Waals surface area contributed by atoms with Crippen molar-refractivity contribution in [2.75, 3.05) is 47.5 Å². The third-order valence-electron chi connectivity index (χ3n) is 10.5. The van der Waals surface area contributed by atoms with Crippen LogP contribution < -0.4 is 4.89 Å². The number of aliphatic hydroxyl groups excluding tert-OH is 1. The van der Waals surface area contributed by atoms with Crippen LogP contribution in [0.25, 0.3) is 0 Å². The molecule has 1 aromatic rings. The van der Waals surface area contributed by atoms with Gasteiger partial charge in [0.2, 0.25) is 0 Å². The molecule has 0 aromatic carbocycles. The van der Waals surface area contributed by atoms with Crippen molar-refractivity contribution in [1.82, 2.24) is 0 Å². The molecule has 1 aromatic heterocycles. The van der Waals surface area contributed by atoms with Crippen molar-refractivity contribution in [3.05, 3.63) is 95.6 Å². The molecule has 1 N–H and O–H groups in total. The van der Waals surface area contributed by atoms with Gasteiger partial charge in [0.25, 0.3) is 7.82 Å². The molecule has 0 fully saturated rings. The summed E-state index contributed by atoms with van der Waals surface area (Å²) in [6.45, 7) is 8.18. The number of quaternary nitrogens is 1. The second kappa shape index (κ2) is 36.9. The van der Waals surface area contributed by atoms with Crippen LogP contribution in [0.1, 0.15) is 158 Å². The number of esters is 2. The van der Waals surface area contributed by atoms with E-state index in [0.29, 0.717) is 30.3 Å². The summed E-state index contributed by atoms with van der Waals surface area (Å²) < 4.78 is 40.1. The summed E-state index contributed by atoms with van der Waals surface area (Å²) in [5.41, 5.74) is 2.63. The third-order valence-corrected chi connectivity index (χ3v) is 11.5. The minimum atomic E-state index is -4.69. The van der Waals surface area contributed by atoms with Crippen LogP contribution in [0.2, 0.25) is 0 Å². The third kappa shape index (κ3) is 33.2. The average molecular weight is 916 g/mol. The maximum absolute atomic E-state index is 12.8. The molecule has 0 saturated heterocycles. The first-order valence-electron chi connectivity index (χ1n) is 24.1. The number of phosphoric ester groups is 1. The molecule has 0 spiro atoms. The van der Waals surface area contributed by atoms with Gasteiger partial charge in [-0.25, -0.2) is 0 Å². The van der Waals surface area contributed by atoms with Crippen LogP contribution >= 0.6 is 7.82 Å². The number of furan rings is 1. The minimum Gasteiger partial charge on any atom is -0.756 e. The van der Waals surface area contributed by atoms with Crippen LogP contribution in [-0.2, 0) is 45.5 Å². The Bertz CT molecular complexity index is 1620. The average Bonchev–Trinajstić information content (AvgIpc) is 3.51. The monoisotopic (exact) mass is 916 g/mol. The molecule has 364 valence electrons. The van der Waals surface area contributed by atoms with Gasteiger partial charge in [-0.3, -0.25) is 14.2 Å². The molecule has 0 amide bonds. The lowest BCUT2D eigenvalue weighted by Crippen LogP contribution is -2.37. The number of hydrogen-bond acceptors (Lipinski definition) is 10. The van der Waals surface area contributed by atoms with Crippen LogP contribution in [0.5, 0.6) is 0 Å². The molecule has 0 saturated carbocycles. The van der Waals surface area contributed by atoms with Crippen LogP contribution in [0.15, 0.2) is 77.3 Å². The summed E-state index contributed by atoms with van der Waals surface area (Å²) >= 11 is 0. The van der Waals surface area contributed by atoms with Crippen LogP contribution in [-0.4, -0.2) is 81.2 Å². The van der Waals surface area contributed by atoms with Gasteiger partial charge < -0.3 is 37.4 Å². The molecule has 3 atom stereocenters. The van der Waals surface area contributed by atoms with E-state index in [9.17, 15) is 24.2 Å². The first kappa shape index (κ1) is 58.7. The van der Waals surface area contributed by atoms with Gasteiger partial charge in [-0.2, -0.15) is 0 Å². The van der Waals surface area contributed by atoms with Crippen LogP contribution in [0, 0.1) is 13.8 Å². The fourth-order valence-electron chi connectivity index (χ4n) is 6.47. The largest absolute Gasteiger partial charge is 0.756 e. The maximum atomic E-state index is 12.8. The minimum absolute atomic E-state index is 0.0590. The zero-order valence-electron chi connectivity index (χ0n) is 40.8. The highest BCUT2D eigenvalue weighted by Gasteiger charge is 2.22. The Hall–Kier alpha value is -3.31. The molecule has 64 heavy (non-hydrogen) atoms. The van der Waals surface area contributed by atoms with Crippen molar-refractivity contribution >= 4 is 19.8 Å². The van der Waals surface area contributed by atoms with E-state index in [1.165, 1.54) is 30.4 Å². The molecule has 0 bridgehead atoms. The maximum Gasteiger partial charge on any atom is 0.306 e. The zero-order valence-corrected chi connectivity index (χ0v) is 41.7. The summed E-state index contributed by atoms with van der Waals surface area (Å²) in [6, 6.07) is 0. The number of likely N-dealkylation sites (N-methyl/N-ethyl adjacent to an activating group) is 1. The van der Waals surface area contributed by atoms with Gasteiger partial charge in [0.1, 0.15) is 31.3 Å². The Kier molecular flexibility index (Phi) is 33.8. The van der Waals surface area contributed by atoms with Crippen molar-refractivity contribution in [3.63, 3.8) is 0 Å². The Morgan fingerprint density at radius 1 is 0.703 bits per heavy atom. The molecule has 0 radical (unpaired) electrons. The fraction of sp³-hybridized carbons (Fsp3) is 0.654. The van der Waals surface area contributed by atoms with E-state index in [1.807, 2.05) is 39.4 Å². The van der Waals surface area contributed by atoms with Crippen LogP contribution in [0.4, 0.5) is 0 Å². The van der Waals surface area contributed by atoms with E-state index >= 15 is 0 Å². The highest BCUT2D eigenvalue weighted by Crippen LogP contribution is 2.38. The first-order chi connectivity index (χ1) is 30.7. The van der Waals surface area contributed by atoms with Gasteiger partial charge in [0.15, 0.2) is 6.10 Å². The number of nitrogens with zero attached hydrogens (tertiary/aromatic N) is 1. The van der Waals surface area contributed by atoms with Crippen molar-refractivity contribution in [3.8, 4) is 0 Å². The van der Waals surface area contributed by atoms with Crippen molar-refractivity contribution in [2.24, 2.45) is 0 Å². The number of phosphoric acid groups is 1. The fourth-order valence-corrected chi connectivity index (χ4v) is 7.20. The summed E-state index contributed by atoms with van der Waals surface area (Å²) in [7, 11) is 1.04. The summed E-state index contributed by atoms with van der Waals surface area (Å²) in [5, 5.41) is 10.2. The second-order valence-corrected chi connectivity index (χ2v) is 18.9. The standard InChI is InChI=1S/C52H86NO10P/c1-8-10-12-13-14-15-16-17-18-19-22-25-30-35-47(54)36-31-28-34-39-51(55)59-43-48(44-61-64(57,58)60-42-41-53(5,6)7)62-52(56)40-33-27-24-21-20-23-26-32-38-50-46(4)45(3)49(63-50)37-29-11-9-2/h10,12,14-15,17-18,22,25,28,30-31,35,47-48,54H,8-9,11,13,16,19-21,23-24,26-27,29,32-34,36-44H2,1-7H3/b12-10-,15-14-,18-17-,25-22-,31-28-,35-30-/t47?,48-/m1/s1. The Labute approximate surface area is 387 Å². The molecular formula is C52H86NO10P. The zero-order chi connectivity index (χ0) is 47.3. The topological polar surface area (TPSA) is 145 Å². The number of carbonyl (C=O) groups is 2.